The lowest BCUT2D eigenvalue weighted by Gasteiger charge is -2.18. The Morgan fingerprint density at radius 2 is 2.00 bits per heavy atom. The molecule has 0 saturated carbocycles. The second kappa shape index (κ2) is 9.58. The topological polar surface area (TPSA) is 82.4 Å². The van der Waals surface area contributed by atoms with Crippen LogP contribution in [0.4, 0.5) is 5.69 Å². The number of ether oxygens (including phenoxy) is 2. The molecule has 3 aromatic rings. The molecule has 1 atom stereocenters. The molecule has 0 aliphatic carbocycles. The van der Waals surface area contributed by atoms with E-state index in [1.54, 1.807) is 55.2 Å². The van der Waals surface area contributed by atoms with Crippen LogP contribution in [0.2, 0.25) is 0 Å². The summed E-state index contributed by atoms with van der Waals surface area (Å²) in [6.07, 6.45) is 0. The summed E-state index contributed by atoms with van der Waals surface area (Å²) in [6, 6.07) is 14.1. The number of rotatable bonds is 8. The third-order valence-corrected chi connectivity index (χ3v) is 5.26. The quantitative estimate of drug-likeness (QED) is 0.451. The van der Waals surface area contributed by atoms with Crippen LogP contribution in [0.3, 0.4) is 0 Å². The van der Waals surface area contributed by atoms with Crippen molar-refractivity contribution < 1.29 is 14.3 Å². The molecule has 29 heavy (non-hydrogen) atoms. The fraction of sp³-hybridized carbons (Fsp3) is 0.286. The summed E-state index contributed by atoms with van der Waals surface area (Å²) in [7, 11) is 3.16. The number of amides is 1. The third-order valence-electron chi connectivity index (χ3n) is 4.31. The molecule has 0 radical (unpaired) electrons. The van der Waals surface area contributed by atoms with Gasteiger partial charge in [0.25, 0.3) is 5.56 Å². The minimum absolute atomic E-state index is 0.113. The zero-order valence-electron chi connectivity index (χ0n) is 16.5. The number of hydrogen-bond acceptors (Lipinski definition) is 6. The van der Waals surface area contributed by atoms with Crippen molar-refractivity contribution >= 4 is 34.3 Å². The van der Waals surface area contributed by atoms with Crippen molar-refractivity contribution in [3.8, 4) is 5.75 Å². The Morgan fingerprint density at radius 1 is 1.21 bits per heavy atom. The Kier molecular flexibility index (Phi) is 6.90. The van der Waals surface area contributed by atoms with Gasteiger partial charge in [0.1, 0.15) is 5.75 Å². The zero-order chi connectivity index (χ0) is 20.8. The van der Waals surface area contributed by atoms with Gasteiger partial charge >= 0.3 is 0 Å². The number of methoxy groups -OCH3 is 2. The van der Waals surface area contributed by atoms with Crippen molar-refractivity contribution in [3.63, 3.8) is 0 Å². The number of aromatic nitrogens is 2. The molecule has 152 valence electrons. The summed E-state index contributed by atoms with van der Waals surface area (Å²) >= 11 is 1.22. The first-order chi connectivity index (χ1) is 14.0. The lowest BCUT2D eigenvalue weighted by atomic mass is 10.2. The van der Waals surface area contributed by atoms with Gasteiger partial charge in [-0.2, -0.15) is 0 Å². The third kappa shape index (κ3) is 4.96. The van der Waals surface area contributed by atoms with Crippen LogP contribution in [0.15, 0.2) is 58.5 Å². The van der Waals surface area contributed by atoms with Crippen LogP contribution in [-0.4, -0.2) is 42.0 Å². The van der Waals surface area contributed by atoms with Crippen LogP contribution in [0.1, 0.15) is 13.0 Å². The van der Waals surface area contributed by atoms with Crippen LogP contribution < -0.4 is 15.6 Å². The van der Waals surface area contributed by atoms with Gasteiger partial charge in [0.2, 0.25) is 5.91 Å². The van der Waals surface area contributed by atoms with Gasteiger partial charge in [0.15, 0.2) is 5.16 Å². The van der Waals surface area contributed by atoms with Crippen molar-refractivity contribution in [2.75, 3.05) is 31.9 Å². The number of carbonyl (C=O) groups is 1. The highest BCUT2D eigenvalue weighted by Crippen LogP contribution is 2.22. The van der Waals surface area contributed by atoms with E-state index in [1.807, 2.05) is 19.1 Å². The fourth-order valence-corrected chi connectivity index (χ4v) is 3.86. The number of hydrogen-bond donors (Lipinski definition) is 1. The molecule has 0 fully saturated rings. The monoisotopic (exact) mass is 413 g/mol. The summed E-state index contributed by atoms with van der Waals surface area (Å²) in [5, 5.41) is 3.86. The van der Waals surface area contributed by atoms with E-state index in [1.165, 1.54) is 11.8 Å². The molecule has 1 heterocycles. The van der Waals surface area contributed by atoms with Gasteiger partial charge in [-0.1, -0.05) is 30.0 Å². The summed E-state index contributed by atoms with van der Waals surface area (Å²) in [5.74, 6) is 0.576. The van der Waals surface area contributed by atoms with Gasteiger partial charge in [-0.15, -0.1) is 0 Å². The van der Waals surface area contributed by atoms with Crippen molar-refractivity contribution in [1.82, 2.24) is 9.55 Å². The summed E-state index contributed by atoms with van der Waals surface area (Å²) in [6.45, 7) is 2.26. The maximum Gasteiger partial charge on any atom is 0.262 e. The normalized spacial score (nSPS) is 12.0. The minimum atomic E-state index is -0.214. The standard InChI is InChI=1S/C21H23N3O4S/c1-14(12-27-2)24-20(26)17-9-4-5-10-18(17)23-21(24)29-13-19(25)22-15-7-6-8-16(11-15)28-3/h4-11,14H,12-13H2,1-3H3,(H,22,25)/t14-/m1/s1. The highest BCUT2D eigenvalue weighted by molar-refractivity contribution is 7.99. The Bertz CT molecular complexity index is 1070. The molecule has 2 aromatic carbocycles. The predicted molar refractivity (Wildman–Crippen MR) is 115 cm³/mol. The number of carbonyl (C=O) groups excluding carboxylic acids is 1. The van der Waals surface area contributed by atoms with Crippen molar-refractivity contribution in [2.24, 2.45) is 0 Å². The predicted octanol–water partition coefficient (Wildman–Crippen LogP) is 3.34. The summed E-state index contributed by atoms with van der Waals surface area (Å²) < 4.78 is 12.0. The molecule has 1 amide bonds. The van der Waals surface area contributed by atoms with Gasteiger partial charge in [0, 0.05) is 18.9 Å². The number of thioether (sulfide) groups is 1. The molecule has 8 heteroatoms. The Hall–Kier alpha value is -2.84. The maximum absolute atomic E-state index is 13.0. The number of nitrogens with zero attached hydrogens (tertiary/aromatic N) is 2. The van der Waals surface area contributed by atoms with Crippen molar-refractivity contribution in [1.29, 1.82) is 0 Å². The van der Waals surface area contributed by atoms with E-state index >= 15 is 0 Å². The van der Waals surface area contributed by atoms with Gasteiger partial charge < -0.3 is 14.8 Å². The number of benzene rings is 2. The number of para-hydroxylation sites is 1. The largest absolute Gasteiger partial charge is 0.497 e. The number of fused-ring (bicyclic) bond motifs is 1. The van der Waals surface area contributed by atoms with Crippen LogP contribution >= 0.6 is 11.8 Å². The molecule has 3 rings (SSSR count). The van der Waals surface area contributed by atoms with Gasteiger partial charge in [-0.05, 0) is 31.2 Å². The molecule has 1 aromatic heterocycles. The Labute approximate surface area is 173 Å². The second-order valence-electron chi connectivity index (χ2n) is 6.46. The van der Waals surface area contributed by atoms with Gasteiger partial charge in [0.05, 0.1) is 36.4 Å². The van der Waals surface area contributed by atoms with Crippen molar-refractivity contribution in [2.45, 2.75) is 18.1 Å². The lowest BCUT2D eigenvalue weighted by Crippen LogP contribution is -2.29. The first kappa shape index (κ1) is 20.9. The van der Waals surface area contributed by atoms with E-state index in [0.29, 0.717) is 34.1 Å². The van der Waals surface area contributed by atoms with Gasteiger partial charge in [-0.25, -0.2) is 4.98 Å². The van der Waals surface area contributed by atoms with Crippen LogP contribution in [0.5, 0.6) is 5.75 Å². The van der Waals surface area contributed by atoms with E-state index in [2.05, 4.69) is 10.3 Å². The van der Waals surface area contributed by atoms with Crippen LogP contribution in [-0.2, 0) is 9.53 Å². The zero-order valence-corrected chi connectivity index (χ0v) is 17.4. The highest BCUT2D eigenvalue weighted by Gasteiger charge is 2.17. The second-order valence-corrected chi connectivity index (χ2v) is 7.40. The van der Waals surface area contributed by atoms with E-state index in [9.17, 15) is 9.59 Å². The van der Waals surface area contributed by atoms with E-state index in [4.69, 9.17) is 9.47 Å². The summed E-state index contributed by atoms with van der Waals surface area (Å²) in [5.41, 5.74) is 1.11. The SMILES string of the molecule is COC[C@@H](C)n1c(SCC(=O)Nc2cccc(OC)c2)nc2ccccc2c1=O. The molecular weight excluding hydrogens is 390 g/mol. The molecule has 0 bridgehead atoms. The molecule has 0 saturated heterocycles. The molecular formula is C21H23N3O4S. The first-order valence-electron chi connectivity index (χ1n) is 9.10. The first-order valence-corrected chi connectivity index (χ1v) is 10.1. The van der Waals surface area contributed by atoms with Crippen LogP contribution in [0.25, 0.3) is 10.9 Å². The number of nitrogens with one attached hydrogen (secondary N) is 1. The smallest absolute Gasteiger partial charge is 0.262 e. The Morgan fingerprint density at radius 3 is 2.76 bits per heavy atom. The average molecular weight is 413 g/mol. The van der Waals surface area contributed by atoms with Crippen molar-refractivity contribution in [3.05, 3.63) is 58.9 Å². The highest BCUT2D eigenvalue weighted by atomic mass is 32.2. The molecule has 0 aliphatic rings. The minimum Gasteiger partial charge on any atom is -0.497 e. The fourth-order valence-electron chi connectivity index (χ4n) is 2.96. The lowest BCUT2D eigenvalue weighted by molar-refractivity contribution is -0.113. The molecule has 0 unspecified atom stereocenters. The average Bonchev–Trinajstić information content (AvgIpc) is 2.72. The van der Waals surface area contributed by atoms with Gasteiger partial charge in [-0.3, -0.25) is 14.2 Å². The molecule has 0 spiro atoms. The molecule has 0 aliphatic heterocycles. The molecule has 1 N–H and O–H groups in total. The maximum atomic E-state index is 13.0. The van der Waals surface area contributed by atoms with E-state index < -0.39 is 0 Å². The molecule has 7 nitrogen and oxygen atoms in total. The summed E-state index contributed by atoms with van der Waals surface area (Å²) in [4.78, 5) is 30.1. The van der Waals surface area contributed by atoms with Crippen LogP contribution in [0, 0.1) is 0 Å². The Balaban J connectivity index is 1.83. The van der Waals surface area contributed by atoms with E-state index in [0.717, 1.165) is 0 Å². The number of anilines is 1. The van der Waals surface area contributed by atoms with E-state index in [-0.39, 0.29) is 23.3 Å².